The molecule has 1 heterocycles. The van der Waals surface area contributed by atoms with Gasteiger partial charge in [0.2, 0.25) is 0 Å². The lowest BCUT2D eigenvalue weighted by atomic mass is 10.2. The van der Waals surface area contributed by atoms with Crippen molar-refractivity contribution < 1.29 is 9.90 Å². The number of aromatic carboxylic acids is 1. The van der Waals surface area contributed by atoms with Crippen molar-refractivity contribution in [1.82, 2.24) is 0 Å². The van der Waals surface area contributed by atoms with Crippen LogP contribution in [-0.4, -0.2) is 11.1 Å². The molecule has 0 radical (unpaired) electrons. The van der Waals surface area contributed by atoms with Crippen molar-refractivity contribution in [2.45, 2.75) is 10.6 Å². The topological polar surface area (TPSA) is 37.3 Å². The average molecular weight is 364 g/mol. The summed E-state index contributed by atoms with van der Waals surface area (Å²) in [4.78, 5) is 13.0. The molecular weight excluding hydrogens is 356 g/mol. The molecule has 6 heteroatoms. The molecule has 2 aromatic rings. The highest BCUT2D eigenvalue weighted by Gasteiger charge is 2.11. The van der Waals surface area contributed by atoms with Crippen LogP contribution >= 0.6 is 50.6 Å². The molecular formula is C12H8BrClO2S2. The molecule has 1 aromatic heterocycles. The zero-order valence-electron chi connectivity index (χ0n) is 9.02. The second-order valence-electron chi connectivity index (χ2n) is 3.44. The van der Waals surface area contributed by atoms with Crippen molar-refractivity contribution in [3.05, 3.63) is 49.6 Å². The SMILES string of the molecule is O=C(O)c1ccc(Br)cc1SCc1ccc(Cl)s1. The van der Waals surface area contributed by atoms with Gasteiger partial charge in [0.05, 0.1) is 9.90 Å². The number of hydrogen-bond donors (Lipinski definition) is 1. The first-order chi connectivity index (χ1) is 8.56. The summed E-state index contributed by atoms with van der Waals surface area (Å²) >= 11 is 12.2. The lowest BCUT2D eigenvalue weighted by molar-refractivity contribution is 0.0693. The molecule has 0 saturated heterocycles. The molecule has 0 saturated carbocycles. The molecule has 1 N–H and O–H groups in total. The van der Waals surface area contributed by atoms with Crippen LogP contribution in [-0.2, 0) is 5.75 Å². The fourth-order valence-corrected chi connectivity index (χ4v) is 4.09. The van der Waals surface area contributed by atoms with Crippen LogP contribution in [0, 0.1) is 0 Å². The zero-order chi connectivity index (χ0) is 13.1. The summed E-state index contributed by atoms with van der Waals surface area (Å²) in [7, 11) is 0. The highest BCUT2D eigenvalue weighted by molar-refractivity contribution is 9.10. The van der Waals surface area contributed by atoms with E-state index in [0.29, 0.717) is 11.3 Å². The third kappa shape index (κ3) is 3.51. The number of benzene rings is 1. The van der Waals surface area contributed by atoms with Crippen molar-refractivity contribution in [2.24, 2.45) is 0 Å². The van der Waals surface area contributed by atoms with Gasteiger partial charge in [-0.25, -0.2) is 4.79 Å². The Morgan fingerprint density at radius 3 is 2.78 bits per heavy atom. The van der Waals surface area contributed by atoms with Crippen LogP contribution in [0.3, 0.4) is 0 Å². The van der Waals surface area contributed by atoms with E-state index in [-0.39, 0.29) is 0 Å². The molecule has 0 aliphatic heterocycles. The minimum Gasteiger partial charge on any atom is -0.478 e. The minimum atomic E-state index is -0.908. The van der Waals surface area contributed by atoms with Crippen molar-refractivity contribution in [3.8, 4) is 0 Å². The molecule has 94 valence electrons. The number of halogens is 2. The van der Waals surface area contributed by atoms with Crippen LogP contribution in [0.1, 0.15) is 15.2 Å². The largest absolute Gasteiger partial charge is 0.478 e. The van der Waals surface area contributed by atoms with Crippen LogP contribution in [0.2, 0.25) is 4.34 Å². The molecule has 0 unspecified atom stereocenters. The lowest BCUT2D eigenvalue weighted by Crippen LogP contribution is -1.98. The number of carbonyl (C=O) groups is 1. The predicted molar refractivity (Wildman–Crippen MR) is 80.0 cm³/mol. The maximum absolute atomic E-state index is 11.1. The van der Waals surface area contributed by atoms with E-state index in [1.807, 2.05) is 18.2 Å². The van der Waals surface area contributed by atoms with Gasteiger partial charge in [0.15, 0.2) is 0 Å². The van der Waals surface area contributed by atoms with E-state index in [1.165, 1.54) is 23.1 Å². The van der Waals surface area contributed by atoms with E-state index in [0.717, 1.165) is 18.6 Å². The second kappa shape index (κ2) is 6.10. The molecule has 1 aromatic carbocycles. The van der Waals surface area contributed by atoms with Gasteiger partial charge >= 0.3 is 5.97 Å². The Morgan fingerprint density at radius 2 is 2.17 bits per heavy atom. The molecule has 0 aliphatic rings. The third-order valence-corrected chi connectivity index (χ3v) is 5.18. The maximum atomic E-state index is 11.1. The Hall–Kier alpha value is -0.490. The van der Waals surface area contributed by atoms with Crippen molar-refractivity contribution in [3.63, 3.8) is 0 Å². The highest BCUT2D eigenvalue weighted by Crippen LogP contribution is 2.32. The van der Waals surface area contributed by atoms with Crippen LogP contribution in [0.15, 0.2) is 39.7 Å². The van der Waals surface area contributed by atoms with Gasteiger partial charge in [0.25, 0.3) is 0 Å². The van der Waals surface area contributed by atoms with Crippen LogP contribution in [0.25, 0.3) is 0 Å². The fourth-order valence-electron chi connectivity index (χ4n) is 1.37. The molecule has 0 amide bonds. The Bertz CT molecular complexity index is 583. The zero-order valence-corrected chi connectivity index (χ0v) is 13.0. The normalized spacial score (nSPS) is 10.6. The summed E-state index contributed by atoms with van der Waals surface area (Å²) in [6.07, 6.45) is 0. The number of rotatable bonds is 4. The maximum Gasteiger partial charge on any atom is 0.336 e. The first-order valence-corrected chi connectivity index (χ1v) is 7.93. The van der Waals surface area contributed by atoms with E-state index >= 15 is 0 Å². The average Bonchev–Trinajstić information content (AvgIpc) is 2.72. The van der Waals surface area contributed by atoms with Gasteiger partial charge in [0, 0.05) is 20.0 Å². The minimum absolute atomic E-state index is 0.325. The molecule has 0 bridgehead atoms. The van der Waals surface area contributed by atoms with Gasteiger partial charge in [-0.2, -0.15) is 0 Å². The lowest BCUT2D eigenvalue weighted by Gasteiger charge is -2.05. The Labute approximate surface area is 126 Å². The van der Waals surface area contributed by atoms with Crippen molar-refractivity contribution in [1.29, 1.82) is 0 Å². The van der Waals surface area contributed by atoms with Gasteiger partial charge in [-0.05, 0) is 30.3 Å². The fraction of sp³-hybridized carbons (Fsp3) is 0.0833. The second-order valence-corrected chi connectivity index (χ2v) is 7.17. The van der Waals surface area contributed by atoms with Gasteiger partial charge in [-0.3, -0.25) is 0 Å². The number of hydrogen-bond acceptors (Lipinski definition) is 3. The molecule has 2 nitrogen and oxygen atoms in total. The van der Waals surface area contributed by atoms with E-state index in [9.17, 15) is 4.79 Å². The summed E-state index contributed by atoms with van der Waals surface area (Å²) < 4.78 is 1.62. The monoisotopic (exact) mass is 362 g/mol. The molecule has 18 heavy (non-hydrogen) atoms. The van der Waals surface area contributed by atoms with Gasteiger partial charge in [-0.1, -0.05) is 27.5 Å². The standard InChI is InChI=1S/C12H8BrClO2S2/c13-7-1-3-9(12(15)16)10(5-7)17-6-8-2-4-11(14)18-8/h1-5H,6H2,(H,15,16). The van der Waals surface area contributed by atoms with Crippen molar-refractivity contribution >= 4 is 56.6 Å². The van der Waals surface area contributed by atoms with Crippen LogP contribution in [0.5, 0.6) is 0 Å². The van der Waals surface area contributed by atoms with Gasteiger partial charge in [-0.15, -0.1) is 23.1 Å². The summed E-state index contributed by atoms with van der Waals surface area (Å²) in [5.74, 6) is -0.192. The summed E-state index contributed by atoms with van der Waals surface area (Å²) in [5, 5.41) is 9.11. The Balaban J connectivity index is 2.17. The molecule has 0 fully saturated rings. The molecule has 0 aliphatic carbocycles. The van der Waals surface area contributed by atoms with E-state index in [1.54, 1.807) is 12.1 Å². The first-order valence-electron chi connectivity index (χ1n) is 4.96. The summed E-state index contributed by atoms with van der Waals surface area (Å²) in [6, 6.07) is 8.97. The Kier molecular flexibility index (Phi) is 4.72. The van der Waals surface area contributed by atoms with Gasteiger partial charge < -0.3 is 5.11 Å². The third-order valence-electron chi connectivity index (χ3n) is 2.17. The number of thioether (sulfide) groups is 1. The predicted octanol–water partition coefficient (Wildman–Crippen LogP) is 5.15. The van der Waals surface area contributed by atoms with Crippen molar-refractivity contribution in [2.75, 3.05) is 0 Å². The van der Waals surface area contributed by atoms with Crippen LogP contribution in [0.4, 0.5) is 0 Å². The first kappa shape index (κ1) is 13.9. The van der Waals surface area contributed by atoms with Crippen LogP contribution < -0.4 is 0 Å². The summed E-state index contributed by atoms with van der Waals surface area (Å²) in [5.41, 5.74) is 0.325. The quantitative estimate of drug-likeness (QED) is 0.763. The number of carboxylic acids is 1. The molecule has 0 atom stereocenters. The van der Waals surface area contributed by atoms with E-state index < -0.39 is 5.97 Å². The molecule has 2 rings (SSSR count). The smallest absolute Gasteiger partial charge is 0.336 e. The van der Waals surface area contributed by atoms with Gasteiger partial charge in [0.1, 0.15) is 0 Å². The highest BCUT2D eigenvalue weighted by atomic mass is 79.9. The van der Waals surface area contributed by atoms with E-state index in [4.69, 9.17) is 16.7 Å². The molecule has 0 spiro atoms. The number of thiophene rings is 1. The summed E-state index contributed by atoms with van der Waals surface area (Å²) in [6.45, 7) is 0. The Morgan fingerprint density at radius 1 is 1.39 bits per heavy atom. The number of carboxylic acid groups (broad SMARTS) is 1. The van der Waals surface area contributed by atoms with E-state index in [2.05, 4.69) is 15.9 Å².